The zero-order chi connectivity index (χ0) is 16.6. The molecular formula is C17H27N4O2S+. The number of thiocarbonyl (C=S) groups is 1. The number of nitrogens with one attached hydrogen (secondary N) is 3. The van der Waals surface area contributed by atoms with E-state index >= 15 is 0 Å². The Morgan fingerprint density at radius 2 is 1.79 bits per heavy atom. The molecule has 7 heteroatoms. The van der Waals surface area contributed by atoms with Crippen LogP contribution in [0.5, 0.6) is 0 Å². The molecule has 0 radical (unpaired) electrons. The molecule has 0 aromatic heterocycles. The summed E-state index contributed by atoms with van der Waals surface area (Å²) in [6.07, 6.45) is 0. The van der Waals surface area contributed by atoms with E-state index in [1.54, 1.807) is 4.90 Å². The Morgan fingerprint density at radius 3 is 2.58 bits per heavy atom. The largest absolute Gasteiger partial charge is 0.378 e. The number of anilines is 2. The molecule has 3 rings (SSSR count). The first-order chi connectivity index (χ1) is 11.8. The Bertz CT molecular complexity index is 531. The highest BCUT2D eigenvalue weighted by atomic mass is 32.1. The Morgan fingerprint density at radius 1 is 1.08 bits per heavy atom. The number of ether oxygens (including phenoxy) is 2. The highest BCUT2D eigenvalue weighted by Crippen LogP contribution is 2.26. The van der Waals surface area contributed by atoms with Crippen molar-refractivity contribution < 1.29 is 14.4 Å². The SMILES string of the molecule is S=C(NCC[NH+]1CCOCC1)Nc1ccccc1N1CCOCC1. The summed E-state index contributed by atoms with van der Waals surface area (Å²) in [6.45, 7) is 9.23. The lowest BCUT2D eigenvalue weighted by atomic mass is 10.2. The zero-order valence-corrected chi connectivity index (χ0v) is 14.9. The molecule has 0 unspecified atom stereocenters. The van der Waals surface area contributed by atoms with E-state index in [4.69, 9.17) is 21.7 Å². The van der Waals surface area contributed by atoms with Crippen LogP contribution >= 0.6 is 12.2 Å². The Kier molecular flexibility index (Phi) is 6.66. The number of para-hydroxylation sites is 2. The van der Waals surface area contributed by atoms with Crippen molar-refractivity contribution in [2.24, 2.45) is 0 Å². The maximum Gasteiger partial charge on any atom is 0.171 e. The van der Waals surface area contributed by atoms with Gasteiger partial charge in [-0.3, -0.25) is 0 Å². The van der Waals surface area contributed by atoms with Gasteiger partial charge in [-0.15, -0.1) is 0 Å². The van der Waals surface area contributed by atoms with Crippen LogP contribution in [0.15, 0.2) is 24.3 Å². The zero-order valence-electron chi connectivity index (χ0n) is 14.1. The lowest BCUT2D eigenvalue weighted by molar-refractivity contribution is -0.906. The first-order valence-electron chi connectivity index (χ1n) is 8.71. The van der Waals surface area contributed by atoms with Gasteiger partial charge >= 0.3 is 0 Å². The third kappa shape index (κ3) is 5.04. The van der Waals surface area contributed by atoms with Crippen LogP contribution in [-0.4, -0.2) is 70.8 Å². The van der Waals surface area contributed by atoms with Crippen molar-refractivity contribution in [3.8, 4) is 0 Å². The Labute approximate surface area is 149 Å². The molecule has 1 aromatic carbocycles. The van der Waals surface area contributed by atoms with Gasteiger partial charge in [-0.05, 0) is 24.4 Å². The number of quaternary nitrogens is 1. The summed E-state index contributed by atoms with van der Waals surface area (Å²) >= 11 is 5.46. The molecule has 0 spiro atoms. The van der Waals surface area contributed by atoms with Crippen molar-refractivity contribution in [1.29, 1.82) is 0 Å². The quantitative estimate of drug-likeness (QED) is 0.635. The molecule has 0 amide bonds. The van der Waals surface area contributed by atoms with E-state index in [9.17, 15) is 0 Å². The van der Waals surface area contributed by atoms with E-state index in [1.165, 1.54) is 5.69 Å². The highest BCUT2D eigenvalue weighted by Gasteiger charge is 2.16. The van der Waals surface area contributed by atoms with Crippen LogP contribution < -0.4 is 20.4 Å². The number of hydrogen-bond acceptors (Lipinski definition) is 4. The molecule has 2 heterocycles. The second-order valence-electron chi connectivity index (χ2n) is 6.11. The van der Waals surface area contributed by atoms with Crippen LogP contribution in [0.3, 0.4) is 0 Å². The predicted octanol–water partition coefficient (Wildman–Crippen LogP) is -0.275. The standard InChI is InChI=1S/C17H26N4O2S/c24-17(18-5-6-20-7-11-22-12-8-20)19-15-3-1-2-4-16(15)21-9-13-23-14-10-21/h1-4H,5-14H2,(H2,18,19,24)/p+1. The van der Waals surface area contributed by atoms with Gasteiger partial charge < -0.3 is 29.9 Å². The summed E-state index contributed by atoms with van der Waals surface area (Å²) < 4.78 is 10.8. The molecule has 2 fully saturated rings. The molecule has 3 N–H and O–H groups in total. The average Bonchev–Trinajstić information content (AvgIpc) is 2.64. The average molecular weight is 351 g/mol. The minimum atomic E-state index is 0.684. The molecule has 2 aliphatic heterocycles. The fraction of sp³-hybridized carbons (Fsp3) is 0.588. The van der Waals surface area contributed by atoms with Gasteiger partial charge in [-0.25, -0.2) is 0 Å². The third-order valence-corrected chi connectivity index (χ3v) is 4.71. The van der Waals surface area contributed by atoms with E-state index in [0.29, 0.717) is 5.11 Å². The number of hydrogen-bond donors (Lipinski definition) is 3. The molecule has 0 atom stereocenters. The minimum Gasteiger partial charge on any atom is -0.378 e. The third-order valence-electron chi connectivity index (χ3n) is 4.47. The lowest BCUT2D eigenvalue weighted by Gasteiger charge is -2.30. The van der Waals surface area contributed by atoms with Crippen molar-refractivity contribution in [3.05, 3.63) is 24.3 Å². The van der Waals surface area contributed by atoms with Gasteiger partial charge in [-0.1, -0.05) is 12.1 Å². The van der Waals surface area contributed by atoms with Gasteiger partial charge in [0.05, 0.1) is 50.9 Å². The second-order valence-corrected chi connectivity index (χ2v) is 6.52. The summed E-state index contributed by atoms with van der Waals surface area (Å²) in [4.78, 5) is 3.91. The predicted molar refractivity (Wildman–Crippen MR) is 100 cm³/mol. The fourth-order valence-corrected chi connectivity index (χ4v) is 3.30. The molecule has 0 bridgehead atoms. The van der Waals surface area contributed by atoms with Crippen LogP contribution in [0.25, 0.3) is 0 Å². The fourth-order valence-electron chi connectivity index (χ4n) is 3.09. The number of morpholine rings is 2. The summed E-state index contributed by atoms with van der Waals surface area (Å²) in [5.41, 5.74) is 2.24. The smallest absolute Gasteiger partial charge is 0.171 e. The van der Waals surface area contributed by atoms with Gasteiger partial charge in [-0.2, -0.15) is 0 Å². The van der Waals surface area contributed by atoms with Gasteiger partial charge in [0.15, 0.2) is 5.11 Å². The van der Waals surface area contributed by atoms with Crippen LogP contribution in [0, 0.1) is 0 Å². The normalized spacial score (nSPS) is 19.1. The number of rotatable bonds is 5. The Hall–Kier alpha value is -1.41. The van der Waals surface area contributed by atoms with Crippen molar-refractivity contribution in [1.82, 2.24) is 5.32 Å². The number of benzene rings is 1. The van der Waals surface area contributed by atoms with Gasteiger partial charge in [0.25, 0.3) is 0 Å². The monoisotopic (exact) mass is 351 g/mol. The lowest BCUT2D eigenvalue weighted by Crippen LogP contribution is -3.14. The Balaban J connectivity index is 1.48. The van der Waals surface area contributed by atoms with E-state index in [0.717, 1.165) is 71.4 Å². The summed E-state index contributed by atoms with van der Waals surface area (Å²) in [7, 11) is 0. The molecule has 6 nitrogen and oxygen atoms in total. The molecule has 132 valence electrons. The van der Waals surface area contributed by atoms with Crippen LogP contribution in [0.2, 0.25) is 0 Å². The van der Waals surface area contributed by atoms with E-state index in [2.05, 4.69) is 33.7 Å². The molecule has 1 aromatic rings. The highest BCUT2D eigenvalue weighted by molar-refractivity contribution is 7.80. The molecule has 0 aliphatic carbocycles. The van der Waals surface area contributed by atoms with Gasteiger partial charge in [0.1, 0.15) is 13.1 Å². The molecule has 0 saturated carbocycles. The van der Waals surface area contributed by atoms with Gasteiger partial charge in [0.2, 0.25) is 0 Å². The maximum atomic E-state index is 5.46. The summed E-state index contributed by atoms with van der Waals surface area (Å²) in [5.74, 6) is 0. The molecule has 24 heavy (non-hydrogen) atoms. The summed E-state index contributed by atoms with van der Waals surface area (Å²) in [6, 6.07) is 8.31. The van der Waals surface area contributed by atoms with E-state index in [1.807, 2.05) is 6.07 Å². The van der Waals surface area contributed by atoms with Gasteiger partial charge in [0, 0.05) is 13.1 Å². The van der Waals surface area contributed by atoms with E-state index in [-0.39, 0.29) is 0 Å². The van der Waals surface area contributed by atoms with Crippen molar-refractivity contribution in [3.63, 3.8) is 0 Å². The minimum absolute atomic E-state index is 0.684. The van der Waals surface area contributed by atoms with Crippen molar-refractivity contribution in [2.75, 3.05) is 75.9 Å². The molecular weight excluding hydrogens is 324 g/mol. The van der Waals surface area contributed by atoms with Crippen molar-refractivity contribution in [2.45, 2.75) is 0 Å². The van der Waals surface area contributed by atoms with Crippen LogP contribution in [0.4, 0.5) is 11.4 Å². The van der Waals surface area contributed by atoms with Crippen LogP contribution in [-0.2, 0) is 9.47 Å². The topological polar surface area (TPSA) is 50.2 Å². The van der Waals surface area contributed by atoms with Crippen molar-refractivity contribution >= 4 is 28.7 Å². The summed E-state index contributed by atoms with van der Waals surface area (Å²) in [5, 5.41) is 7.36. The number of nitrogens with zero attached hydrogens (tertiary/aromatic N) is 1. The first-order valence-corrected chi connectivity index (χ1v) is 9.11. The first kappa shape index (κ1) is 17.4. The molecule has 2 saturated heterocycles. The second kappa shape index (κ2) is 9.17. The van der Waals surface area contributed by atoms with E-state index < -0.39 is 0 Å². The molecule has 2 aliphatic rings. The maximum absolute atomic E-state index is 5.46. The van der Waals surface area contributed by atoms with Crippen LogP contribution in [0.1, 0.15) is 0 Å².